The number of carbonyl (C=O) groups is 6. The van der Waals surface area contributed by atoms with Crippen molar-refractivity contribution in [3.05, 3.63) is 0 Å². The lowest BCUT2D eigenvalue weighted by Crippen LogP contribution is -2.54. The fourth-order valence-electron chi connectivity index (χ4n) is 3.48. The van der Waals surface area contributed by atoms with Crippen molar-refractivity contribution in [1.29, 1.82) is 0 Å². The van der Waals surface area contributed by atoms with E-state index < -0.39 is 73.1 Å². The zero-order chi connectivity index (χ0) is 26.4. The number of nitrogens with one attached hydrogen (secondary N) is 3. The topological polar surface area (TPSA) is 219 Å². The molecule has 7 N–H and O–H groups in total. The van der Waals surface area contributed by atoms with Crippen molar-refractivity contribution in [2.75, 3.05) is 0 Å². The molecular weight excluding hydrogens is 486 g/mol. The van der Waals surface area contributed by atoms with Gasteiger partial charge in [0.1, 0.15) is 12.1 Å². The third-order valence-electron chi connectivity index (χ3n) is 5.43. The molecule has 35 heavy (non-hydrogen) atoms. The van der Waals surface area contributed by atoms with Crippen molar-refractivity contribution in [1.82, 2.24) is 15.4 Å². The van der Waals surface area contributed by atoms with Crippen molar-refractivity contribution in [2.24, 2.45) is 0 Å². The predicted octanol–water partition coefficient (Wildman–Crippen LogP) is 0.574. The van der Waals surface area contributed by atoms with Crippen LogP contribution in [0.5, 0.6) is 0 Å². The van der Waals surface area contributed by atoms with E-state index in [1.807, 2.05) is 0 Å². The summed E-state index contributed by atoms with van der Waals surface area (Å²) in [7, 11) is 0. The third-order valence-corrected chi connectivity index (χ3v) is 6.66. The quantitative estimate of drug-likeness (QED) is 0.131. The number of carboxylic acid groups (broad SMARTS) is 4. The van der Waals surface area contributed by atoms with E-state index in [0.29, 0.717) is 0 Å². The number of carboxylic acids is 4. The molecule has 3 atom stereocenters. The molecule has 1 saturated carbocycles. The van der Waals surface area contributed by atoms with Crippen LogP contribution in [0.1, 0.15) is 70.6 Å². The van der Waals surface area contributed by atoms with Gasteiger partial charge in [-0.1, -0.05) is 31.2 Å². The van der Waals surface area contributed by atoms with Crippen LogP contribution in [-0.2, 0) is 28.8 Å². The lowest BCUT2D eigenvalue weighted by Gasteiger charge is -2.26. The molecule has 1 aliphatic carbocycles. The monoisotopic (exact) mass is 519 g/mol. The normalized spacial score (nSPS) is 16.5. The van der Waals surface area contributed by atoms with Crippen LogP contribution in [0.2, 0.25) is 0 Å². The molecule has 198 valence electrons. The van der Waals surface area contributed by atoms with E-state index in [2.05, 4.69) is 15.4 Å². The number of hydrogen-bond donors (Lipinski definition) is 7. The third kappa shape index (κ3) is 13.0. The smallest absolute Gasteiger partial charge is 0.326 e. The summed E-state index contributed by atoms with van der Waals surface area (Å²) in [5, 5.41) is 40.8. The summed E-state index contributed by atoms with van der Waals surface area (Å²) in [5.41, 5.74) is 0. The average molecular weight is 520 g/mol. The molecule has 1 aliphatic rings. The van der Waals surface area contributed by atoms with Gasteiger partial charge in [-0.3, -0.25) is 28.7 Å². The maximum atomic E-state index is 12.9. The maximum Gasteiger partial charge on any atom is 0.326 e. The van der Waals surface area contributed by atoms with E-state index in [9.17, 15) is 33.9 Å². The molecule has 0 aromatic carbocycles. The number of aliphatic carboxylic acids is 4. The SMILES string of the molecule is O=C(O)CC[C@H](NC(=O)[C@H](CCC(=O)O)NC(=O)[C@H](CCC(=O)O)NSC1CCCCC1)C(=O)O. The van der Waals surface area contributed by atoms with Gasteiger partial charge >= 0.3 is 23.9 Å². The highest BCUT2D eigenvalue weighted by Crippen LogP contribution is 2.27. The molecule has 0 heterocycles. The van der Waals surface area contributed by atoms with E-state index in [1.54, 1.807) is 0 Å². The van der Waals surface area contributed by atoms with Gasteiger partial charge in [-0.15, -0.1) is 0 Å². The molecule has 0 spiro atoms. The van der Waals surface area contributed by atoms with Crippen LogP contribution in [0, 0.1) is 0 Å². The van der Waals surface area contributed by atoms with E-state index in [1.165, 1.54) is 11.9 Å². The van der Waals surface area contributed by atoms with Crippen molar-refractivity contribution in [2.45, 2.75) is 94.0 Å². The Balaban J connectivity index is 2.90. The van der Waals surface area contributed by atoms with Gasteiger partial charge in [0.05, 0.1) is 6.04 Å². The predicted molar refractivity (Wildman–Crippen MR) is 123 cm³/mol. The molecule has 0 radical (unpaired) electrons. The van der Waals surface area contributed by atoms with Crippen LogP contribution < -0.4 is 15.4 Å². The number of amides is 2. The molecule has 0 bridgehead atoms. The minimum Gasteiger partial charge on any atom is -0.481 e. The largest absolute Gasteiger partial charge is 0.481 e. The molecule has 0 saturated heterocycles. The zero-order valence-electron chi connectivity index (χ0n) is 19.2. The summed E-state index contributed by atoms with van der Waals surface area (Å²) >= 11 is 1.33. The van der Waals surface area contributed by atoms with Gasteiger partial charge in [-0.2, -0.15) is 0 Å². The summed E-state index contributed by atoms with van der Waals surface area (Å²) in [4.78, 5) is 69.8. The molecule has 0 unspecified atom stereocenters. The summed E-state index contributed by atoms with van der Waals surface area (Å²) in [6, 6.07) is -3.95. The van der Waals surface area contributed by atoms with Gasteiger partial charge in [0.25, 0.3) is 0 Å². The minimum atomic E-state index is -1.55. The van der Waals surface area contributed by atoms with Crippen LogP contribution in [0.4, 0.5) is 0 Å². The first-order valence-electron chi connectivity index (χ1n) is 11.4. The van der Waals surface area contributed by atoms with Crippen LogP contribution in [0.25, 0.3) is 0 Å². The molecule has 13 nitrogen and oxygen atoms in total. The maximum absolute atomic E-state index is 12.9. The Morgan fingerprint density at radius 3 is 1.57 bits per heavy atom. The summed E-state index contributed by atoms with van der Waals surface area (Å²) < 4.78 is 2.98. The fraction of sp³-hybridized carbons (Fsp3) is 0.714. The highest BCUT2D eigenvalue weighted by molar-refractivity contribution is 7.98. The molecule has 1 rings (SSSR count). The lowest BCUT2D eigenvalue weighted by atomic mass is 10.0. The van der Waals surface area contributed by atoms with Crippen molar-refractivity contribution in [3.8, 4) is 0 Å². The Kier molecular flexibility index (Phi) is 13.7. The molecule has 2 amide bonds. The molecular formula is C21H33N3O10S. The van der Waals surface area contributed by atoms with E-state index in [0.717, 1.165) is 32.1 Å². The van der Waals surface area contributed by atoms with Crippen LogP contribution in [0.3, 0.4) is 0 Å². The minimum absolute atomic E-state index is 0.0789. The van der Waals surface area contributed by atoms with E-state index in [-0.39, 0.29) is 24.5 Å². The Morgan fingerprint density at radius 2 is 1.09 bits per heavy atom. The van der Waals surface area contributed by atoms with Crippen molar-refractivity contribution < 1.29 is 49.2 Å². The molecule has 1 fully saturated rings. The highest BCUT2D eigenvalue weighted by atomic mass is 32.2. The standard InChI is InChI=1S/C21H33N3O10S/c25-16(26)9-6-13(19(31)23-15(21(33)34)8-11-18(29)30)22-20(32)14(7-10-17(27)28)24-35-12-4-2-1-3-5-12/h12-15,24H,1-11H2,(H,22,32)(H,23,31)(H,25,26)(H,27,28)(H,29,30)(H,33,34)/t13-,14-,15-/m0/s1. The van der Waals surface area contributed by atoms with Gasteiger partial charge in [-0.05, 0) is 32.1 Å². The van der Waals surface area contributed by atoms with Crippen LogP contribution in [-0.4, -0.2) is 79.5 Å². The summed E-state index contributed by atoms with van der Waals surface area (Å²) in [6.07, 6.45) is 2.94. The Labute approximate surface area is 206 Å². The van der Waals surface area contributed by atoms with E-state index in [4.69, 9.17) is 15.3 Å². The molecule has 0 aliphatic heterocycles. The van der Waals surface area contributed by atoms with Gasteiger partial charge in [0.15, 0.2) is 0 Å². The van der Waals surface area contributed by atoms with Crippen molar-refractivity contribution in [3.63, 3.8) is 0 Å². The Morgan fingerprint density at radius 1 is 0.657 bits per heavy atom. The molecule has 0 aromatic heterocycles. The van der Waals surface area contributed by atoms with Gasteiger partial charge < -0.3 is 31.1 Å². The zero-order valence-corrected chi connectivity index (χ0v) is 20.1. The molecule has 14 heteroatoms. The van der Waals surface area contributed by atoms with Gasteiger partial charge in [0, 0.05) is 24.5 Å². The first kappa shape index (κ1) is 30.2. The average Bonchev–Trinajstić information content (AvgIpc) is 2.79. The van der Waals surface area contributed by atoms with Crippen LogP contribution >= 0.6 is 11.9 Å². The van der Waals surface area contributed by atoms with Gasteiger partial charge in [-0.25, -0.2) is 4.79 Å². The van der Waals surface area contributed by atoms with Crippen molar-refractivity contribution >= 4 is 47.6 Å². The second-order valence-corrected chi connectivity index (χ2v) is 9.44. The fourth-order valence-corrected chi connectivity index (χ4v) is 4.63. The lowest BCUT2D eigenvalue weighted by molar-refractivity contribution is -0.144. The summed E-state index contributed by atoms with van der Waals surface area (Å²) in [5.74, 6) is -6.80. The first-order chi connectivity index (χ1) is 16.5. The number of hydrogen-bond acceptors (Lipinski definition) is 8. The van der Waals surface area contributed by atoms with E-state index >= 15 is 0 Å². The second-order valence-electron chi connectivity index (χ2n) is 8.31. The number of rotatable bonds is 17. The van der Waals surface area contributed by atoms with Crippen LogP contribution in [0.15, 0.2) is 0 Å². The second kappa shape index (κ2) is 15.9. The summed E-state index contributed by atoms with van der Waals surface area (Å²) in [6.45, 7) is 0. The van der Waals surface area contributed by atoms with Gasteiger partial charge in [0.2, 0.25) is 11.8 Å². The Hall–Kier alpha value is -2.87. The molecule has 0 aromatic rings. The number of carbonyl (C=O) groups excluding carboxylic acids is 2. The Bertz CT molecular complexity index is 772. The first-order valence-corrected chi connectivity index (χ1v) is 12.3. The highest BCUT2D eigenvalue weighted by Gasteiger charge is 2.30.